The second-order valence-electron chi connectivity index (χ2n) is 15.6. The quantitative estimate of drug-likeness (QED) is 0.217. The van der Waals surface area contributed by atoms with Crippen LogP contribution in [-0.2, 0) is 0 Å². The fraction of sp³-hybridized carbons (Fsp3) is 0.526. The minimum atomic E-state index is -0.702. The molecule has 52 heavy (non-hydrogen) atoms. The van der Waals surface area contributed by atoms with E-state index < -0.39 is 11.6 Å². The molecule has 0 bridgehead atoms. The van der Waals surface area contributed by atoms with Gasteiger partial charge in [-0.05, 0) is 82.2 Å². The van der Waals surface area contributed by atoms with Crippen LogP contribution < -0.4 is 15.4 Å². The lowest BCUT2D eigenvalue weighted by Crippen LogP contribution is -2.64. The molecule has 2 N–H and O–H groups in total. The third-order valence-corrected chi connectivity index (χ3v) is 13.6. The van der Waals surface area contributed by atoms with E-state index in [1.807, 2.05) is 16.8 Å². The van der Waals surface area contributed by atoms with Crippen molar-refractivity contribution >= 4 is 60.8 Å². The maximum Gasteiger partial charge on any atom is 0.320 e. The minimum absolute atomic E-state index is 0.0145. The van der Waals surface area contributed by atoms with Crippen LogP contribution in [0.4, 0.5) is 24.4 Å². The molecule has 5 aliphatic rings. The number of carbonyl (C=O) groups is 1. The molecule has 4 saturated heterocycles. The molecule has 10 nitrogen and oxygen atoms in total. The van der Waals surface area contributed by atoms with Crippen molar-refractivity contribution in [2.45, 2.75) is 69.4 Å². The molecule has 0 unspecified atom stereocenters. The molecule has 272 valence electrons. The largest absolute Gasteiger partial charge is 0.461 e. The Morgan fingerprint density at radius 1 is 1.12 bits per heavy atom. The first-order chi connectivity index (χ1) is 25.1. The number of likely N-dealkylation sites (tertiary alicyclic amines) is 1. The SMILES string of the molecule is CN(C(=O)N1CC2(CCCCN(c3nc(OCC45CCCN4CCC5)nc4c(F)c(-c5ccc(F)c6sc(N)c(C#N)c56)c(Cl)cc34)C2)C1)C1CC1. The van der Waals surface area contributed by atoms with Gasteiger partial charge in [-0.2, -0.15) is 15.2 Å². The van der Waals surface area contributed by atoms with E-state index in [1.54, 1.807) is 6.07 Å². The monoisotopic (exact) mass is 746 g/mol. The summed E-state index contributed by atoms with van der Waals surface area (Å²) in [5.41, 5.74) is 6.35. The molecule has 6 heterocycles. The van der Waals surface area contributed by atoms with Crippen molar-refractivity contribution in [1.29, 1.82) is 5.26 Å². The topological polar surface area (TPSA) is 115 Å². The van der Waals surface area contributed by atoms with Gasteiger partial charge >= 0.3 is 12.0 Å². The van der Waals surface area contributed by atoms with E-state index in [-0.39, 0.29) is 65.3 Å². The van der Waals surface area contributed by atoms with Crippen molar-refractivity contribution < 1.29 is 18.3 Å². The lowest BCUT2D eigenvalue weighted by atomic mass is 9.76. The number of nitrogen functional groups attached to an aromatic ring is 1. The third kappa shape index (κ3) is 5.43. The van der Waals surface area contributed by atoms with Crippen LogP contribution in [0.15, 0.2) is 18.2 Å². The number of rotatable bonds is 6. The summed E-state index contributed by atoms with van der Waals surface area (Å²) in [4.78, 5) is 31.4. The molecule has 14 heteroatoms. The number of hydrogen-bond donors (Lipinski definition) is 1. The molecular formula is C38H41ClF2N8O2S. The van der Waals surface area contributed by atoms with Crippen LogP contribution >= 0.6 is 22.9 Å². The second kappa shape index (κ2) is 12.6. The van der Waals surface area contributed by atoms with Crippen molar-refractivity contribution in [1.82, 2.24) is 24.7 Å². The predicted octanol–water partition coefficient (Wildman–Crippen LogP) is 7.41. The molecule has 1 aliphatic carbocycles. The van der Waals surface area contributed by atoms with Crippen LogP contribution in [0.3, 0.4) is 0 Å². The van der Waals surface area contributed by atoms with E-state index in [9.17, 15) is 10.1 Å². The molecule has 2 aromatic heterocycles. The van der Waals surface area contributed by atoms with E-state index in [2.05, 4.69) is 15.9 Å². The number of carbonyl (C=O) groups excluding carboxylic acids is 1. The second-order valence-corrected chi connectivity index (χ2v) is 17.1. The number of urea groups is 1. The van der Waals surface area contributed by atoms with Crippen molar-refractivity contribution in [3.63, 3.8) is 0 Å². The van der Waals surface area contributed by atoms with Gasteiger partial charge in [0, 0.05) is 61.0 Å². The molecular weight excluding hydrogens is 706 g/mol. The van der Waals surface area contributed by atoms with Gasteiger partial charge < -0.3 is 25.2 Å². The molecule has 5 fully saturated rings. The number of nitriles is 1. The zero-order valence-corrected chi connectivity index (χ0v) is 30.8. The van der Waals surface area contributed by atoms with Gasteiger partial charge in [0.05, 0.1) is 20.8 Å². The summed E-state index contributed by atoms with van der Waals surface area (Å²) in [7, 11) is 1.90. The summed E-state index contributed by atoms with van der Waals surface area (Å²) in [5.74, 6) is -0.707. The Kier molecular flexibility index (Phi) is 8.17. The maximum atomic E-state index is 17.3. The maximum absolute atomic E-state index is 17.3. The fourth-order valence-corrected chi connectivity index (χ4v) is 10.7. The number of aromatic nitrogens is 2. The molecule has 1 saturated carbocycles. The van der Waals surface area contributed by atoms with Crippen molar-refractivity contribution in [3.05, 3.63) is 40.4 Å². The lowest BCUT2D eigenvalue weighted by Gasteiger charge is -2.52. The van der Waals surface area contributed by atoms with Gasteiger partial charge in [0.25, 0.3) is 0 Å². The number of ether oxygens (including phenoxy) is 1. The molecule has 0 radical (unpaired) electrons. The highest BCUT2D eigenvalue weighted by atomic mass is 35.5. The van der Waals surface area contributed by atoms with Crippen LogP contribution in [-0.4, -0.2) is 95.2 Å². The summed E-state index contributed by atoms with van der Waals surface area (Å²) in [6, 6.07) is 6.97. The van der Waals surface area contributed by atoms with Gasteiger partial charge in [0.1, 0.15) is 34.8 Å². The highest BCUT2D eigenvalue weighted by Crippen LogP contribution is 2.47. The zero-order chi connectivity index (χ0) is 35.9. The fourth-order valence-electron chi connectivity index (χ4n) is 9.43. The lowest BCUT2D eigenvalue weighted by molar-refractivity contribution is 0.0193. The Hall–Kier alpha value is -3.99. The standard InChI is InChI=1S/C38H41ClF2N8O2S/c1-46(22-6-7-22)36(50)48-19-37(20-48)10-2-3-13-47(18-37)34-24-16-26(39)29(23-8-9-27(40)32-28(23)25(17-42)33(43)52-32)30(41)31(24)44-35(45-34)51-21-38-11-4-14-49(38)15-5-12-38/h8-9,16,22H,2-7,10-15,18-21,43H2,1H3. The first kappa shape index (κ1) is 33.8. The predicted molar refractivity (Wildman–Crippen MR) is 199 cm³/mol. The smallest absolute Gasteiger partial charge is 0.320 e. The summed E-state index contributed by atoms with van der Waals surface area (Å²) in [6.45, 7) is 5.16. The van der Waals surface area contributed by atoms with Gasteiger partial charge in [0.2, 0.25) is 0 Å². The molecule has 2 aromatic carbocycles. The summed E-state index contributed by atoms with van der Waals surface area (Å²) < 4.78 is 38.9. The molecule has 9 rings (SSSR count). The van der Waals surface area contributed by atoms with Crippen LogP contribution in [0.25, 0.3) is 32.1 Å². The number of hydrogen-bond acceptors (Lipinski definition) is 9. The Bertz CT molecular complexity index is 2150. The van der Waals surface area contributed by atoms with Crippen LogP contribution in [0.1, 0.15) is 63.4 Å². The number of nitrogens with zero attached hydrogens (tertiary/aromatic N) is 7. The first-order valence-corrected chi connectivity index (χ1v) is 19.5. The average Bonchev–Trinajstić information content (AvgIpc) is 3.72. The normalized spacial score (nSPS) is 21.0. The first-order valence-electron chi connectivity index (χ1n) is 18.4. The number of benzene rings is 2. The van der Waals surface area contributed by atoms with Crippen molar-refractivity contribution in [2.24, 2.45) is 5.41 Å². The van der Waals surface area contributed by atoms with E-state index in [1.165, 1.54) is 12.1 Å². The molecule has 2 amide bonds. The van der Waals surface area contributed by atoms with E-state index in [4.69, 9.17) is 32.0 Å². The molecule has 0 atom stereocenters. The number of anilines is 2. The summed E-state index contributed by atoms with van der Waals surface area (Å²) in [6.07, 6.45) is 9.32. The highest BCUT2D eigenvalue weighted by Gasteiger charge is 2.49. The number of nitrogens with two attached hydrogens (primary N) is 1. The van der Waals surface area contributed by atoms with Gasteiger partial charge in [-0.25, -0.2) is 13.6 Å². The van der Waals surface area contributed by atoms with Gasteiger partial charge in [0.15, 0.2) is 5.82 Å². The van der Waals surface area contributed by atoms with Crippen LogP contribution in [0, 0.1) is 28.4 Å². The number of amides is 2. The molecule has 1 spiro atoms. The van der Waals surface area contributed by atoms with E-state index in [0.29, 0.717) is 50.0 Å². The van der Waals surface area contributed by atoms with Crippen LogP contribution in [0.5, 0.6) is 6.01 Å². The Morgan fingerprint density at radius 3 is 2.62 bits per heavy atom. The Morgan fingerprint density at radius 2 is 1.88 bits per heavy atom. The number of halogens is 3. The summed E-state index contributed by atoms with van der Waals surface area (Å²) >= 11 is 7.93. The van der Waals surface area contributed by atoms with Crippen LogP contribution in [0.2, 0.25) is 5.02 Å². The zero-order valence-electron chi connectivity index (χ0n) is 29.2. The molecule has 4 aromatic rings. The Balaban J connectivity index is 1.14. The van der Waals surface area contributed by atoms with Gasteiger partial charge in [-0.3, -0.25) is 4.90 Å². The third-order valence-electron chi connectivity index (χ3n) is 12.3. The highest BCUT2D eigenvalue weighted by molar-refractivity contribution is 7.23. The number of thiophene rings is 1. The van der Waals surface area contributed by atoms with Gasteiger partial charge in [-0.15, -0.1) is 11.3 Å². The van der Waals surface area contributed by atoms with Gasteiger partial charge in [-0.1, -0.05) is 24.1 Å². The Labute approximate surface area is 310 Å². The molecule has 4 aliphatic heterocycles. The minimum Gasteiger partial charge on any atom is -0.461 e. The van der Waals surface area contributed by atoms with E-state index >= 15 is 8.78 Å². The average molecular weight is 747 g/mol. The van der Waals surface area contributed by atoms with E-state index in [0.717, 1.165) is 82.2 Å². The van der Waals surface area contributed by atoms with Crippen molar-refractivity contribution in [2.75, 3.05) is 63.6 Å². The number of fused-ring (bicyclic) bond motifs is 3. The summed E-state index contributed by atoms with van der Waals surface area (Å²) in [5, 5.41) is 10.9. The van der Waals surface area contributed by atoms with Crippen molar-refractivity contribution in [3.8, 4) is 23.2 Å².